The summed E-state index contributed by atoms with van der Waals surface area (Å²) < 4.78 is 17.8. The first-order chi connectivity index (χ1) is 15.1. The van der Waals surface area contributed by atoms with Crippen molar-refractivity contribution in [3.63, 3.8) is 0 Å². The first-order valence-corrected chi connectivity index (χ1v) is 11.0. The van der Waals surface area contributed by atoms with Gasteiger partial charge in [-0.05, 0) is 63.6 Å². The largest absolute Gasteiger partial charge is 0.491 e. The molecule has 2 N–H and O–H groups in total. The monoisotopic (exact) mass is 438 g/mol. The Morgan fingerprint density at radius 3 is 2.47 bits per heavy atom. The number of carbonyl (C=O) groups excluding carboxylic acids is 1. The minimum atomic E-state index is -0.782. The molecule has 0 spiro atoms. The lowest BCUT2D eigenvalue weighted by molar-refractivity contribution is 0.0384. The minimum Gasteiger partial charge on any atom is -0.491 e. The van der Waals surface area contributed by atoms with Crippen molar-refractivity contribution in [1.29, 1.82) is 0 Å². The number of ether oxygens (including phenoxy) is 2. The lowest BCUT2D eigenvalue weighted by Gasteiger charge is -2.31. The number of carbonyl (C=O) groups is 1. The number of furan rings is 1. The molecule has 1 aromatic heterocycles. The summed E-state index contributed by atoms with van der Waals surface area (Å²) in [5.41, 5.74) is 2.08. The molecule has 2 unspecified atom stereocenters. The average molecular weight is 439 g/mol. The van der Waals surface area contributed by atoms with E-state index in [1.165, 1.54) is 0 Å². The Bertz CT molecular complexity index is 1160. The van der Waals surface area contributed by atoms with Crippen LogP contribution in [0.15, 0.2) is 40.8 Å². The van der Waals surface area contributed by atoms with Crippen LogP contribution < -0.4 is 9.47 Å². The molecule has 3 aromatic rings. The maximum atomic E-state index is 13.4. The molecule has 32 heavy (non-hydrogen) atoms. The third-order valence-corrected chi connectivity index (χ3v) is 6.10. The number of aliphatic hydroxyl groups is 2. The van der Waals surface area contributed by atoms with Crippen LogP contribution in [0.3, 0.4) is 0 Å². The molecule has 0 radical (unpaired) electrons. The summed E-state index contributed by atoms with van der Waals surface area (Å²) in [6.45, 7) is 9.67. The number of rotatable bonds is 7. The molecule has 0 bridgehead atoms. The summed E-state index contributed by atoms with van der Waals surface area (Å²) in [4.78, 5) is 13.4. The fourth-order valence-electron chi connectivity index (χ4n) is 4.14. The Hall–Kier alpha value is -2.83. The maximum absolute atomic E-state index is 13.4. The van der Waals surface area contributed by atoms with Crippen LogP contribution >= 0.6 is 0 Å². The molecule has 0 saturated heterocycles. The Kier molecular flexibility index (Phi) is 5.77. The highest BCUT2D eigenvalue weighted by Gasteiger charge is 2.41. The number of ketones is 1. The van der Waals surface area contributed by atoms with Crippen molar-refractivity contribution in [2.45, 2.75) is 52.2 Å². The van der Waals surface area contributed by atoms with Crippen LogP contribution in [-0.2, 0) is 5.41 Å². The molecule has 2 atom stereocenters. The van der Waals surface area contributed by atoms with E-state index in [-0.39, 0.29) is 31.0 Å². The first kappa shape index (κ1) is 22.4. The van der Waals surface area contributed by atoms with Gasteiger partial charge in [-0.3, -0.25) is 4.79 Å². The van der Waals surface area contributed by atoms with Crippen LogP contribution in [-0.4, -0.2) is 41.4 Å². The highest BCUT2D eigenvalue weighted by molar-refractivity contribution is 6.19. The van der Waals surface area contributed by atoms with Crippen LogP contribution in [0.25, 0.3) is 11.0 Å². The quantitative estimate of drug-likeness (QED) is 0.566. The van der Waals surface area contributed by atoms with Crippen molar-refractivity contribution in [2.24, 2.45) is 5.92 Å². The van der Waals surface area contributed by atoms with Crippen LogP contribution in [0.5, 0.6) is 11.5 Å². The number of benzene rings is 2. The van der Waals surface area contributed by atoms with Crippen molar-refractivity contribution in [1.82, 2.24) is 0 Å². The van der Waals surface area contributed by atoms with E-state index in [2.05, 4.69) is 0 Å². The fourth-order valence-corrected chi connectivity index (χ4v) is 4.14. The third kappa shape index (κ3) is 3.78. The second-order valence-electron chi connectivity index (χ2n) is 9.33. The Morgan fingerprint density at radius 1 is 1.06 bits per heavy atom. The fraction of sp³-hybridized carbons (Fsp3) is 0.423. The molecule has 1 aliphatic carbocycles. The van der Waals surface area contributed by atoms with E-state index in [0.29, 0.717) is 34.0 Å². The lowest BCUT2D eigenvalue weighted by atomic mass is 9.71. The number of aliphatic hydroxyl groups excluding tert-OH is 2. The average Bonchev–Trinajstić information content (AvgIpc) is 3.15. The SMILES string of the molecule is CC(C)Oc1ccc2c3c(oc2c1)C(C)(C)c1cc(OCC(O)C(C)CO)ccc1C3=O. The van der Waals surface area contributed by atoms with Gasteiger partial charge in [-0.25, -0.2) is 0 Å². The van der Waals surface area contributed by atoms with Gasteiger partial charge in [0.1, 0.15) is 29.4 Å². The van der Waals surface area contributed by atoms with Crippen molar-refractivity contribution in [3.8, 4) is 11.5 Å². The Labute approximate surface area is 187 Å². The summed E-state index contributed by atoms with van der Waals surface area (Å²) in [5, 5.41) is 20.1. The molecule has 0 amide bonds. The van der Waals surface area contributed by atoms with Crippen LogP contribution in [0, 0.1) is 5.92 Å². The summed E-state index contributed by atoms with van der Waals surface area (Å²) in [5.74, 6) is 1.52. The van der Waals surface area contributed by atoms with Crippen molar-refractivity contribution in [3.05, 3.63) is 58.8 Å². The van der Waals surface area contributed by atoms with Crippen LogP contribution in [0.4, 0.5) is 0 Å². The van der Waals surface area contributed by atoms with Gasteiger partial charge in [-0.1, -0.05) is 6.92 Å². The van der Waals surface area contributed by atoms with E-state index < -0.39 is 11.5 Å². The van der Waals surface area contributed by atoms with E-state index in [1.54, 1.807) is 19.1 Å². The molecule has 6 nitrogen and oxygen atoms in total. The third-order valence-electron chi connectivity index (χ3n) is 6.10. The van der Waals surface area contributed by atoms with Gasteiger partial charge in [0.05, 0.1) is 17.8 Å². The van der Waals surface area contributed by atoms with Crippen LogP contribution in [0.1, 0.15) is 61.9 Å². The first-order valence-electron chi connectivity index (χ1n) is 11.0. The number of fused-ring (bicyclic) bond motifs is 4. The Balaban J connectivity index is 1.72. The summed E-state index contributed by atoms with van der Waals surface area (Å²) >= 11 is 0. The molecule has 4 rings (SSSR count). The van der Waals surface area contributed by atoms with Gasteiger partial charge in [0.25, 0.3) is 0 Å². The van der Waals surface area contributed by atoms with E-state index in [0.717, 1.165) is 10.9 Å². The van der Waals surface area contributed by atoms with E-state index >= 15 is 0 Å². The number of hydrogen-bond donors (Lipinski definition) is 2. The molecule has 2 aromatic carbocycles. The van der Waals surface area contributed by atoms with Gasteiger partial charge in [0, 0.05) is 35.0 Å². The summed E-state index contributed by atoms with van der Waals surface area (Å²) in [6.07, 6.45) is -0.744. The van der Waals surface area contributed by atoms with Crippen molar-refractivity contribution < 1.29 is 28.9 Å². The smallest absolute Gasteiger partial charge is 0.197 e. The summed E-state index contributed by atoms with van der Waals surface area (Å²) in [6, 6.07) is 10.9. The molecule has 1 aliphatic rings. The van der Waals surface area contributed by atoms with E-state index in [4.69, 9.17) is 13.9 Å². The molecule has 6 heteroatoms. The van der Waals surface area contributed by atoms with E-state index in [1.807, 2.05) is 52.0 Å². The molecule has 0 fully saturated rings. The van der Waals surface area contributed by atoms with Gasteiger partial charge < -0.3 is 24.1 Å². The maximum Gasteiger partial charge on any atom is 0.197 e. The van der Waals surface area contributed by atoms with Gasteiger partial charge >= 0.3 is 0 Å². The van der Waals surface area contributed by atoms with Gasteiger partial charge in [0.15, 0.2) is 5.78 Å². The molecule has 1 heterocycles. The molecule has 0 saturated carbocycles. The molecular weight excluding hydrogens is 408 g/mol. The highest BCUT2D eigenvalue weighted by Crippen LogP contribution is 2.46. The zero-order valence-electron chi connectivity index (χ0n) is 19.1. The van der Waals surface area contributed by atoms with Gasteiger partial charge in [-0.15, -0.1) is 0 Å². The van der Waals surface area contributed by atoms with Gasteiger partial charge in [-0.2, -0.15) is 0 Å². The second-order valence-corrected chi connectivity index (χ2v) is 9.33. The zero-order valence-corrected chi connectivity index (χ0v) is 19.1. The van der Waals surface area contributed by atoms with Crippen molar-refractivity contribution in [2.75, 3.05) is 13.2 Å². The lowest BCUT2D eigenvalue weighted by Crippen LogP contribution is -2.30. The van der Waals surface area contributed by atoms with Crippen molar-refractivity contribution >= 4 is 16.8 Å². The topological polar surface area (TPSA) is 89.1 Å². The molecular formula is C26H30O6. The predicted octanol–water partition coefficient (Wildman–Crippen LogP) is 4.46. The minimum absolute atomic E-state index is 0.0386. The second kappa shape index (κ2) is 8.26. The van der Waals surface area contributed by atoms with Crippen LogP contribution in [0.2, 0.25) is 0 Å². The van der Waals surface area contributed by atoms with Gasteiger partial charge in [0.2, 0.25) is 0 Å². The normalized spacial score (nSPS) is 16.6. The Morgan fingerprint density at radius 2 is 1.78 bits per heavy atom. The van der Waals surface area contributed by atoms with E-state index in [9.17, 15) is 15.0 Å². The number of hydrogen-bond acceptors (Lipinski definition) is 6. The standard InChI is InChI=1S/C26H30O6/c1-14(2)31-17-7-9-19-22(11-17)32-25-23(19)24(29)18-8-6-16(10-20(18)26(25,4)5)30-13-21(28)15(3)12-27/h6-11,14-15,21,27-28H,12-13H2,1-5H3. The zero-order chi connectivity index (χ0) is 23.2. The molecule has 170 valence electrons. The predicted molar refractivity (Wildman–Crippen MR) is 122 cm³/mol. The summed E-state index contributed by atoms with van der Waals surface area (Å²) in [7, 11) is 0. The molecule has 0 aliphatic heterocycles. The highest BCUT2D eigenvalue weighted by atomic mass is 16.5.